The SMILES string of the molecule is CCOC(=O)n1nc(NC(=O)c2ccccc2NC(=O)c2ccnn2C)c2oc(C(=O)NC(C)(C)c3ccccc3)cc21. The first-order chi connectivity index (χ1) is 20.6. The second kappa shape index (κ2) is 11.6. The predicted molar refractivity (Wildman–Crippen MR) is 157 cm³/mol. The topological polar surface area (TPSA) is 162 Å². The summed E-state index contributed by atoms with van der Waals surface area (Å²) in [7, 11) is 1.62. The van der Waals surface area contributed by atoms with Gasteiger partial charge in [-0.1, -0.05) is 42.5 Å². The van der Waals surface area contributed by atoms with Gasteiger partial charge in [0.15, 0.2) is 17.2 Å². The van der Waals surface area contributed by atoms with Crippen LogP contribution >= 0.6 is 0 Å². The number of para-hydroxylation sites is 1. The maximum Gasteiger partial charge on any atom is 0.435 e. The third kappa shape index (κ3) is 5.86. The lowest BCUT2D eigenvalue weighted by atomic mass is 9.94. The van der Waals surface area contributed by atoms with Crippen LogP contribution in [-0.2, 0) is 17.3 Å². The predicted octanol–water partition coefficient (Wildman–Crippen LogP) is 4.54. The molecular formula is C30H29N7O6. The molecule has 13 nitrogen and oxygen atoms in total. The summed E-state index contributed by atoms with van der Waals surface area (Å²) in [6, 6.07) is 18.7. The number of aromatic nitrogens is 4. The number of aryl methyl sites for hydroxylation is 1. The lowest BCUT2D eigenvalue weighted by Gasteiger charge is -2.26. The molecule has 0 aliphatic carbocycles. The summed E-state index contributed by atoms with van der Waals surface area (Å²) >= 11 is 0. The summed E-state index contributed by atoms with van der Waals surface area (Å²) in [6.07, 6.45) is 0.661. The Morgan fingerprint density at radius 3 is 2.35 bits per heavy atom. The first-order valence-corrected chi connectivity index (χ1v) is 13.4. The molecule has 220 valence electrons. The molecule has 3 heterocycles. The number of hydrogen-bond donors (Lipinski definition) is 3. The number of nitrogens with one attached hydrogen (secondary N) is 3. The molecular weight excluding hydrogens is 554 g/mol. The van der Waals surface area contributed by atoms with Gasteiger partial charge in [-0.15, -0.1) is 5.10 Å². The van der Waals surface area contributed by atoms with E-state index < -0.39 is 29.4 Å². The van der Waals surface area contributed by atoms with E-state index in [2.05, 4.69) is 26.1 Å². The lowest BCUT2D eigenvalue weighted by molar-refractivity contribution is 0.0884. The van der Waals surface area contributed by atoms with E-state index in [9.17, 15) is 19.2 Å². The molecule has 5 aromatic rings. The smallest absolute Gasteiger partial charge is 0.435 e. The van der Waals surface area contributed by atoms with Gasteiger partial charge in [0.25, 0.3) is 17.7 Å². The Kier molecular flexibility index (Phi) is 7.80. The van der Waals surface area contributed by atoms with Gasteiger partial charge in [-0.25, -0.2) is 4.79 Å². The molecule has 0 atom stereocenters. The molecule has 3 N–H and O–H groups in total. The Hall–Kier alpha value is -5.72. The number of rotatable bonds is 8. The van der Waals surface area contributed by atoms with Gasteiger partial charge < -0.3 is 25.1 Å². The summed E-state index contributed by atoms with van der Waals surface area (Å²) in [4.78, 5) is 52.2. The van der Waals surface area contributed by atoms with Gasteiger partial charge in [-0.05, 0) is 44.5 Å². The molecule has 0 unspecified atom stereocenters. The highest BCUT2D eigenvalue weighted by molar-refractivity contribution is 6.14. The van der Waals surface area contributed by atoms with Gasteiger partial charge in [0.1, 0.15) is 11.2 Å². The second-order valence-electron chi connectivity index (χ2n) is 10.0. The zero-order chi connectivity index (χ0) is 30.7. The van der Waals surface area contributed by atoms with Crippen molar-refractivity contribution in [3.8, 4) is 0 Å². The Morgan fingerprint density at radius 1 is 0.930 bits per heavy atom. The van der Waals surface area contributed by atoms with Crippen LogP contribution in [0.1, 0.15) is 57.7 Å². The minimum Gasteiger partial charge on any atom is -0.448 e. The van der Waals surface area contributed by atoms with Crippen molar-refractivity contribution in [2.45, 2.75) is 26.3 Å². The fraction of sp³-hybridized carbons (Fsp3) is 0.200. The first kappa shape index (κ1) is 28.8. The maximum absolute atomic E-state index is 13.4. The van der Waals surface area contributed by atoms with E-state index in [0.29, 0.717) is 5.69 Å². The summed E-state index contributed by atoms with van der Waals surface area (Å²) < 4.78 is 13.3. The van der Waals surface area contributed by atoms with Gasteiger partial charge in [0, 0.05) is 19.3 Å². The van der Waals surface area contributed by atoms with Crippen molar-refractivity contribution in [1.82, 2.24) is 24.9 Å². The number of furan rings is 1. The van der Waals surface area contributed by atoms with Crippen molar-refractivity contribution in [1.29, 1.82) is 0 Å². The number of carbonyl (C=O) groups excluding carboxylic acids is 4. The fourth-order valence-electron chi connectivity index (χ4n) is 4.45. The highest BCUT2D eigenvalue weighted by Gasteiger charge is 2.29. The maximum atomic E-state index is 13.4. The van der Waals surface area contributed by atoms with Gasteiger partial charge >= 0.3 is 6.09 Å². The van der Waals surface area contributed by atoms with Gasteiger partial charge in [-0.2, -0.15) is 9.78 Å². The monoisotopic (exact) mass is 583 g/mol. The van der Waals surface area contributed by atoms with Crippen LogP contribution in [0.5, 0.6) is 0 Å². The average Bonchev–Trinajstić information content (AvgIpc) is 3.70. The largest absolute Gasteiger partial charge is 0.448 e. The number of anilines is 2. The summed E-state index contributed by atoms with van der Waals surface area (Å²) in [6.45, 7) is 5.40. The molecule has 13 heteroatoms. The molecule has 0 saturated carbocycles. The molecule has 0 aliphatic heterocycles. The molecule has 0 fully saturated rings. The molecule has 0 radical (unpaired) electrons. The molecule has 2 aromatic carbocycles. The van der Waals surface area contributed by atoms with E-state index in [1.54, 1.807) is 38.2 Å². The van der Waals surface area contributed by atoms with E-state index in [0.717, 1.165) is 10.2 Å². The Balaban J connectivity index is 1.45. The number of hydrogen-bond acceptors (Lipinski definition) is 8. The van der Waals surface area contributed by atoms with Crippen molar-refractivity contribution in [3.05, 3.63) is 95.5 Å². The van der Waals surface area contributed by atoms with Gasteiger partial charge in [0.05, 0.1) is 23.4 Å². The van der Waals surface area contributed by atoms with Crippen LogP contribution in [0, 0.1) is 0 Å². The Labute approximate surface area is 245 Å². The first-order valence-electron chi connectivity index (χ1n) is 13.4. The van der Waals surface area contributed by atoms with Crippen molar-refractivity contribution in [2.24, 2.45) is 7.05 Å². The normalized spacial score (nSPS) is 11.3. The Morgan fingerprint density at radius 2 is 1.65 bits per heavy atom. The highest BCUT2D eigenvalue weighted by atomic mass is 16.6. The molecule has 0 bridgehead atoms. The summed E-state index contributed by atoms with van der Waals surface area (Å²) in [5, 5.41) is 16.4. The number of amides is 3. The third-order valence-corrected chi connectivity index (χ3v) is 6.65. The Bertz CT molecular complexity index is 1830. The van der Waals surface area contributed by atoms with E-state index >= 15 is 0 Å². The van der Waals surface area contributed by atoms with E-state index in [-0.39, 0.29) is 40.5 Å². The standard InChI is InChI=1S/C30H29N7O6/c1-5-42-29(41)37-22-17-23(28(40)34-30(2,3)18-11-7-6-8-12-18)43-24(22)25(35-37)33-26(38)19-13-9-10-14-20(19)32-27(39)21-15-16-31-36(21)4/h6-17H,5H2,1-4H3,(H,32,39)(H,34,40)(H,33,35,38). The third-order valence-electron chi connectivity index (χ3n) is 6.65. The minimum atomic E-state index is -0.825. The fourth-order valence-corrected chi connectivity index (χ4v) is 4.45. The molecule has 5 rings (SSSR count). The van der Waals surface area contributed by atoms with Crippen LogP contribution in [-0.4, -0.2) is 50.0 Å². The van der Waals surface area contributed by atoms with Crippen LogP contribution < -0.4 is 16.0 Å². The summed E-state index contributed by atoms with van der Waals surface area (Å²) in [5.74, 6) is -1.88. The van der Waals surface area contributed by atoms with Gasteiger partial charge in [-0.3, -0.25) is 19.1 Å². The molecule has 3 amide bonds. The van der Waals surface area contributed by atoms with Crippen molar-refractivity contribution in [2.75, 3.05) is 17.2 Å². The minimum absolute atomic E-state index is 0.0135. The lowest BCUT2D eigenvalue weighted by Crippen LogP contribution is -2.40. The number of benzene rings is 2. The van der Waals surface area contributed by atoms with Crippen LogP contribution in [0.3, 0.4) is 0 Å². The van der Waals surface area contributed by atoms with Crippen LogP contribution in [0.2, 0.25) is 0 Å². The van der Waals surface area contributed by atoms with Crippen molar-refractivity contribution >= 4 is 46.4 Å². The molecule has 0 spiro atoms. The summed E-state index contributed by atoms with van der Waals surface area (Å²) in [5.41, 5.74) is 0.877. The van der Waals surface area contributed by atoms with Crippen LogP contribution in [0.25, 0.3) is 11.1 Å². The van der Waals surface area contributed by atoms with Gasteiger partial charge in [0.2, 0.25) is 0 Å². The number of carbonyl (C=O) groups is 4. The van der Waals surface area contributed by atoms with Crippen LogP contribution in [0.15, 0.2) is 77.3 Å². The van der Waals surface area contributed by atoms with Crippen molar-refractivity contribution < 1.29 is 28.3 Å². The number of nitrogens with zero attached hydrogens (tertiary/aromatic N) is 4. The number of ether oxygens (including phenoxy) is 1. The van der Waals surface area contributed by atoms with E-state index in [1.807, 2.05) is 44.2 Å². The van der Waals surface area contributed by atoms with E-state index in [1.165, 1.54) is 23.0 Å². The molecule has 3 aromatic heterocycles. The highest BCUT2D eigenvalue weighted by Crippen LogP contribution is 2.29. The molecule has 43 heavy (non-hydrogen) atoms. The second-order valence-corrected chi connectivity index (χ2v) is 10.0. The van der Waals surface area contributed by atoms with Crippen LogP contribution in [0.4, 0.5) is 16.3 Å². The molecule has 0 aliphatic rings. The molecule has 0 saturated heterocycles. The zero-order valence-electron chi connectivity index (χ0n) is 23.9. The van der Waals surface area contributed by atoms with Crippen molar-refractivity contribution in [3.63, 3.8) is 0 Å². The zero-order valence-corrected chi connectivity index (χ0v) is 23.9. The quantitative estimate of drug-likeness (QED) is 0.240. The van der Waals surface area contributed by atoms with E-state index in [4.69, 9.17) is 9.15 Å². The number of fused-ring (bicyclic) bond motifs is 1. The average molecular weight is 584 g/mol.